The number of rotatable bonds is 10. The minimum atomic E-state index is -1.16. The molecule has 12 nitrogen and oxygen atoms in total. The SMILES string of the molecule is CCn1nc(C)n(-c2ccc(N3CCN(c4ccc(OC[C@@H]5COC(Cn6cncn6)(c6ccc(Cl)cc6Cl)O5)cc4)CC3)cc2)c1=O. The monoisotopic (exact) mass is 690 g/mol. The number of nitrogens with zero attached hydrogens (tertiary/aromatic N) is 8. The Bertz CT molecular complexity index is 1910. The average Bonchev–Trinajstić information content (AvgIpc) is 3.84. The summed E-state index contributed by atoms with van der Waals surface area (Å²) in [5.41, 5.74) is 3.66. The van der Waals surface area contributed by atoms with Gasteiger partial charge in [0.15, 0.2) is 0 Å². The average molecular weight is 692 g/mol. The lowest BCUT2D eigenvalue weighted by atomic mass is 10.1. The maximum absolute atomic E-state index is 12.7. The van der Waals surface area contributed by atoms with Gasteiger partial charge in [0, 0.05) is 54.7 Å². The van der Waals surface area contributed by atoms with Crippen LogP contribution in [0.15, 0.2) is 84.2 Å². The predicted octanol–water partition coefficient (Wildman–Crippen LogP) is 4.93. The van der Waals surface area contributed by atoms with Gasteiger partial charge in [-0.15, -0.1) is 0 Å². The molecule has 0 N–H and O–H groups in total. The summed E-state index contributed by atoms with van der Waals surface area (Å²) in [4.78, 5) is 21.4. The van der Waals surface area contributed by atoms with Crippen LogP contribution in [0.1, 0.15) is 18.3 Å². The van der Waals surface area contributed by atoms with Crippen molar-refractivity contribution in [2.45, 2.75) is 38.8 Å². The van der Waals surface area contributed by atoms with Crippen LogP contribution in [-0.2, 0) is 28.4 Å². The minimum absolute atomic E-state index is 0.116. The van der Waals surface area contributed by atoms with Gasteiger partial charge in [-0.25, -0.2) is 23.7 Å². The molecule has 14 heteroatoms. The maximum Gasteiger partial charge on any atom is 0.350 e. The standard InChI is InChI=1S/C34H36Cl2N8O4/c1-3-43-33(45)44(24(2)39-43)28-7-5-26(6-8-28)40-14-16-41(17-15-40)27-9-11-29(12-10-27)46-19-30-20-47-34(48-30,21-42-23-37-22-38-42)31-13-4-25(35)18-32(31)36/h4-13,18,22-23,30H,3,14-17,19-21H2,1-2H3/t30-,34?/m1/s1. The van der Waals surface area contributed by atoms with Crippen molar-refractivity contribution < 1.29 is 14.2 Å². The largest absolute Gasteiger partial charge is 0.491 e. The highest BCUT2D eigenvalue weighted by atomic mass is 35.5. The summed E-state index contributed by atoms with van der Waals surface area (Å²) < 4.78 is 23.6. The molecule has 1 unspecified atom stereocenters. The molecule has 0 spiro atoms. The Morgan fingerprint density at radius 2 is 1.60 bits per heavy atom. The van der Waals surface area contributed by atoms with Gasteiger partial charge in [-0.1, -0.05) is 29.3 Å². The highest BCUT2D eigenvalue weighted by Crippen LogP contribution is 2.40. The Kier molecular flexibility index (Phi) is 9.15. The van der Waals surface area contributed by atoms with Crippen LogP contribution in [0.4, 0.5) is 11.4 Å². The van der Waals surface area contributed by atoms with Crippen molar-refractivity contribution in [3.8, 4) is 11.4 Å². The summed E-state index contributed by atoms with van der Waals surface area (Å²) in [5, 5.41) is 9.55. The maximum atomic E-state index is 12.7. The van der Waals surface area contributed by atoms with E-state index in [0.29, 0.717) is 41.2 Å². The van der Waals surface area contributed by atoms with Crippen molar-refractivity contribution in [2.24, 2.45) is 0 Å². The molecule has 0 radical (unpaired) electrons. The first-order valence-electron chi connectivity index (χ1n) is 15.9. The number of piperazine rings is 1. The highest BCUT2D eigenvalue weighted by Gasteiger charge is 2.45. The van der Waals surface area contributed by atoms with E-state index in [1.54, 1.807) is 27.7 Å². The Labute approximate surface area is 288 Å². The van der Waals surface area contributed by atoms with Crippen LogP contribution < -0.4 is 20.2 Å². The van der Waals surface area contributed by atoms with E-state index in [1.165, 1.54) is 11.0 Å². The number of aryl methyl sites for hydroxylation is 2. The van der Waals surface area contributed by atoms with Gasteiger partial charge >= 0.3 is 5.69 Å². The second-order valence-corrected chi connectivity index (χ2v) is 12.6. The molecule has 5 aromatic rings. The number of aromatic nitrogens is 6. The number of hydrogen-bond donors (Lipinski definition) is 0. The summed E-state index contributed by atoms with van der Waals surface area (Å²) in [7, 11) is 0. The normalized spacial score (nSPS) is 19.6. The molecule has 0 saturated carbocycles. The molecule has 0 aliphatic carbocycles. The van der Waals surface area contributed by atoms with Gasteiger partial charge in [0.1, 0.15) is 43.5 Å². The molecule has 2 aliphatic heterocycles. The van der Waals surface area contributed by atoms with E-state index in [4.69, 9.17) is 37.4 Å². The molecule has 0 amide bonds. The van der Waals surface area contributed by atoms with E-state index in [-0.39, 0.29) is 18.3 Å². The van der Waals surface area contributed by atoms with Gasteiger partial charge in [0.2, 0.25) is 5.79 Å². The van der Waals surface area contributed by atoms with Gasteiger partial charge in [0.25, 0.3) is 0 Å². The van der Waals surface area contributed by atoms with Crippen molar-refractivity contribution in [3.05, 3.63) is 111 Å². The Morgan fingerprint density at radius 1 is 0.938 bits per heavy atom. The molecular formula is C34H36Cl2N8O4. The second kappa shape index (κ2) is 13.6. The number of halogens is 2. The first kappa shape index (κ1) is 32.2. The van der Waals surface area contributed by atoms with Gasteiger partial charge in [-0.05, 0) is 74.5 Å². The molecule has 3 aromatic carbocycles. The summed E-state index contributed by atoms with van der Waals surface area (Å²) in [6.45, 7) is 8.75. The van der Waals surface area contributed by atoms with Crippen molar-refractivity contribution in [3.63, 3.8) is 0 Å². The summed E-state index contributed by atoms with van der Waals surface area (Å²) in [5.74, 6) is 0.272. The molecule has 4 heterocycles. The van der Waals surface area contributed by atoms with E-state index in [0.717, 1.165) is 49.0 Å². The van der Waals surface area contributed by atoms with Crippen LogP contribution in [-0.4, -0.2) is 74.6 Å². The van der Waals surface area contributed by atoms with Gasteiger partial charge in [-0.2, -0.15) is 10.2 Å². The molecule has 2 saturated heterocycles. The topological polar surface area (TPSA) is 105 Å². The number of ether oxygens (including phenoxy) is 3. The molecule has 2 aliphatic rings. The Morgan fingerprint density at radius 3 is 2.21 bits per heavy atom. The zero-order chi connectivity index (χ0) is 33.3. The number of hydrogen-bond acceptors (Lipinski definition) is 9. The lowest BCUT2D eigenvalue weighted by Gasteiger charge is -2.37. The smallest absolute Gasteiger partial charge is 0.350 e. The van der Waals surface area contributed by atoms with Crippen molar-refractivity contribution in [1.29, 1.82) is 0 Å². The van der Waals surface area contributed by atoms with Crippen LogP contribution in [0.5, 0.6) is 5.75 Å². The number of benzene rings is 3. The van der Waals surface area contributed by atoms with E-state index >= 15 is 0 Å². The first-order valence-corrected chi connectivity index (χ1v) is 16.7. The summed E-state index contributed by atoms with van der Waals surface area (Å²) in [6.07, 6.45) is 2.74. The third-order valence-electron chi connectivity index (χ3n) is 8.73. The minimum Gasteiger partial charge on any atom is -0.491 e. The van der Waals surface area contributed by atoms with Crippen LogP contribution in [0.3, 0.4) is 0 Å². The molecule has 48 heavy (non-hydrogen) atoms. The fourth-order valence-electron chi connectivity index (χ4n) is 6.28. The molecule has 2 fully saturated rings. The third-order valence-corrected chi connectivity index (χ3v) is 9.28. The number of anilines is 2. The molecule has 250 valence electrons. The lowest BCUT2D eigenvalue weighted by Crippen LogP contribution is -2.46. The Balaban J connectivity index is 0.934. The first-order chi connectivity index (χ1) is 23.3. The summed E-state index contributed by atoms with van der Waals surface area (Å²) in [6, 6.07) is 21.5. The summed E-state index contributed by atoms with van der Waals surface area (Å²) >= 11 is 12.7. The van der Waals surface area contributed by atoms with E-state index < -0.39 is 5.79 Å². The molecule has 7 rings (SSSR count). The predicted molar refractivity (Wildman–Crippen MR) is 184 cm³/mol. The van der Waals surface area contributed by atoms with Crippen molar-refractivity contribution >= 4 is 34.6 Å². The molecule has 2 aromatic heterocycles. The van der Waals surface area contributed by atoms with Gasteiger partial charge in [-0.3, -0.25) is 0 Å². The van der Waals surface area contributed by atoms with E-state index in [1.807, 2.05) is 44.2 Å². The lowest BCUT2D eigenvalue weighted by molar-refractivity contribution is -0.190. The fourth-order valence-corrected chi connectivity index (χ4v) is 6.83. The van der Waals surface area contributed by atoms with Crippen molar-refractivity contribution in [1.82, 2.24) is 29.1 Å². The fraction of sp³-hybridized carbons (Fsp3) is 0.353. The van der Waals surface area contributed by atoms with Crippen LogP contribution in [0.25, 0.3) is 5.69 Å². The van der Waals surface area contributed by atoms with Crippen molar-refractivity contribution in [2.75, 3.05) is 49.2 Å². The second-order valence-electron chi connectivity index (χ2n) is 11.8. The molecular weight excluding hydrogens is 655 g/mol. The Hall–Kier alpha value is -4.36. The molecule has 2 atom stereocenters. The zero-order valence-corrected chi connectivity index (χ0v) is 28.2. The van der Waals surface area contributed by atoms with Gasteiger partial charge in [0.05, 0.1) is 17.3 Å². The van der Waals surface area contributed by atoms with Crippen LogP contribution in [0, 0.1) is 6.92 Å². The quantitative estimate of drug-likeness (QED) is 0.202. The third kappa shape index (κ3) is 6.53. The van der Waals surface area contributed by atoms with E-state index in [9.17, 15) is 4.79 Å². The zero-order valence-electron chi connectivity index (χ0n) is 26.7. The highest BCUT2D eigenvalue weighted by molar-refractivity contribution is 6.35. The van der Waals surface area contributed by atoms with Crippen LogP contribution in [0.2, 0.25) is 10.0 Å². The van der Waals surface area contributed by atoms with Crippen LogP contribution >= 0.6 is 23.2 Å². The van der Waals surface area contributed by atoms with E-state index in [2.05, 4.69) is 49.2 Å². The van der Waals surface area contributed by atoms with Gasteiger partial charge < -0.3 is 24.0 Å². The molecule has 0 bridgehead atoms.